The van der Waals surface area contributed by atoms with Gasteiger partial charge in [-0.3, -0.25) is 4.57 Å². The van der Waals surface area contributed by atoms with Crippen molar-refractivity contribution < 1.29 is 4.74 Å². The van der Waals surface area contributed by atoms with Crippen molar-refractivity contribution in [2.24, 2.45) is 5.92 Å². The Bertz CT molecular complexity index is 763. The summed E-state index contributed by atoms with van der Waals surface area (Å²) in [5.41, 5.74) is 6.50. The molecule has 0 aliphatic heterocycles. The van der Waals surface area contributed by atoms with Gasteiger partial charge in [-0.1, -0.05) is 0 Å². The molecule has 2 aromatic rings. The van der Waals surface area contributed by atoms with Crippen molar-refractivity contribution in [1.82, 2.24) is 14.5 Å². The first-order valence-corrected chi connectivity index (χ1v) is 6.50. The molecule has 0 amide bonds. The van der Waals surface area contributed by atoms with Gasteiger partial charge in [0.2, 0.25) is 5.88 Å². The van der Waals surface area contributed by atoms with E-state index in [1.807, 2.05) is 12.1 Å². The van der Waals surface area contributed by atoms with Gasteiger partial charge in [0.05, 0.1) is 12.3 Å². The first kappa shape index (κ1) is 12.9. The van der Waals surface area contributed by atoms with Gasteiger partial charge in [0, 0.05) is 0 Å². The molecule has 1 aliphatic rings. The van der Waals surface area contributed by atoms with Crippen LogP contribution < -0.4 is 10.5 Å². The lowest BCUT2D eigenvalue weighted by atomic mass is 10.3. The van der Waals surface area contributed by atoms with Crippen molar-refractivity contribution in [2.75, 3.05) is 12.3 Å². The lowest BCUT2D eigenvalue weighted by Crippen LogP contribution is -2.07. The predicted octanol–water partition coefficient (Wildman–Crippen LogP) is 1.38. The molecular weight excluding hydrogens is 268 g/mol. The predicted molar refractivity (Wildman–Crippen MR) is 73.4 cm³/mol. The Balaban J connectivity index is 1.95. The minimum Gasteiger partial charge on any atom is -0.476 e. The van der Waals surface area contributed by atoms with Gasteiger partial charge in [0.25, 0.3) is 0 Å². The number of hydrogen-bond donors (Lipinski definition) is 1. The number of nitriles is 2. The Morgan fingerprint density at radius 3 is 2.81 bits per heavy atom. The number of nitrogens with zero attached hydrogens (tertiary/aromatic N) is 5. The number of imidazole rings is 1. The second kappa shape index (κ2) is 5.14. The maximum absolute atomic E-state index is 9.14. The topological polar surface area (TPSA) is 114 Å². The van der Waals surface area contributed by atoms with E-state index in [0.29, 0.717) is 29.9 Å². The summed E-state index contributed by atoms with van der Waals surface area (Å²) in [5, 5.41) is 18.1. The van der Waals surface area contributed by atoms with Crippen LogP contribution >= 0.6 is 0 Å². The summed E-state index contributed by atoms with van der Waals surface area (Å²) in [6.45, 7) is 0.596. The van der Waals surface area contributed by atoms with Gasteiger partial charge in [-0.25, -0.2) is 4.98 Å². The number of hydrogen-bond acceptors (Lipinski definition) is 6. The van der Waals surface area contributed by atoms with Crippen molar-refractivity contribution in [3.63, 3.8) is 0 Å². The molecule has 0 atom stereocenters. The lowest BCUT2D eigenvalue weighted by molar-refractivity contribution is 0.290. The first-order chi connectivity index (χ1) is 10.2. The van der Waals surface area contributed by atoms with Gasteiger partial charge in [0.1, 0.15) is 24.3 Å². The van der Waals surface area contributed by atoms with E-state index in [4.69, 9.17) is 21.0 Å². The molecule has 2 heterocycles. The van der Waals surface area contributed by atoms with Crippen molar-refractivity contribution in [3.05, 3.63) is 29.8 Å². The van der Waals surface area contributed by atoms with Gasteiger partial charge >= 0.3 is 0 Å². The molecule has 0 aromatic carbocycles. The molecule has 104 valence electrons. The van der Waals surface area contributed by atoms with Crippen molar-refractivity contribution in [1.29, 1.82) is 10.5 Å². The third-order valence-electron chi connectivity index (χ3n) is 3.25. The third-order valence-corrected chi connectivity index (χ3v) is 3.25. The van der Waals surface area contributed by atoms with Crippen LogP contribution in [0.15, 0.2) is 18.5 Å². The summed E-state index contributed by atoms with van der Waals surface area (Å²) in [6.07, 6.45) is 3.73. The average molecular weight is 280 g/mol. The molecule has 21 heavy (non-hydrogen) atoms. The van der Waals surface area contributed by atoms with Crippen LogP contribution in [0.25, 0.3) is 5.82 Å². The number of nitrogen functional groups attached to an aromatic ring is 1. The fourth-order valence-corrected chi connectivity index (χ4v) is 1.88. The maximum Gasteiger partial charge on any atom is 0.239 e. The summed E-state index contributed by atoms with van der Waals surface area (Å²) < 4.78 is 7.06. The maximum atomic E-state index is 9.14. The van der Waals surface area contributed by atoms with Crippen LogP contribution in [-0.2, 0) is 0 Å². The number of rotatable bonds is 4. The van der Waals surface area contributed by atoms with Crippen LogP contribution in [0.2, 0.25) is 0 Å². The summed E-state index contributed by atoms with van der Waals surface area (Å²) in [6, 6.07) is 7.15. The van der Waals surface area contributed by atoms with Crippen LogP contribution in [0.3, 0.4) is 0 Å². The Morgan fingerprint density at radius 1 is 1.33 bits per heavy atom. The molecule has 7 nitrogen and oxygen atoms in total. The third kappa shape index (κ3) is 2.49. The molecule has 2 N–H and O–H groups in total. The minimum atomic E-state index is 0.0663. The Kier molecular flexibility index (Phi) is 3.17. The number of pyridine rings is 1. The zero-order valence-corrected chi connectivity index (χ0v) is 11.2. The number of ether oxygens (including phenoxy) is 1. The van der Waals surface area contributed by atoms with Crippen LogP contribution in [0.4, 0.5) is 5.69 Å². The number of aromatic nitrogens is 3. The van der Waals surface area contributed by atoms with E-state index in [0.717, 1.165) is 0 Å². The van der Waals surface area contributed by atoms with Crippen LogP contribution in [0, 0.1) is 28.6 Å². The highest BCUT2D eigenvalue weighted by molar-refractivity contribution is 5.52. The van der Waals surface area contributed by atoms with Crippen molar-refractivity contribution >= 4 is 5.69 Å². The molecule has 2 aromatic heterocycles. The van der Waals surface area contributed by atoms with E-state index >= 15 is 0 Å². The Morgan fingerprint density at radius 2 is 2.14 bits per heavy atom. The van der Waals surface area contributed by atoms with E-state index in [9.17, 15) is 0 Å². The number of anilines is 1. The standard InChI is InChI=1S/C14H12N6O/c15-5-11-12(6-16)20(8-18-11)13-4-3-10(17)14(19-13)21-7-9-1-2-9/h3-4,8-9H,1-2,7,17H2. The second-order valence-electron chi connectivity index (χ2n) is 4.85. The fourth-order valence-electron chi connectivity index (χ4n) is 1.88. The zero-order valence-electron chi connectivity index (χ0n) is 11.2. The lowest BCUT2D eigenvalue weighted by Gasteiger charge is -2.09. The summed E-state index contributed by atoms with van der Waals surface area (Å²) in [5.74, 6) is 1.37. The minimum absolute atomic E-state index is 0.0663. The smallest absolute Gasteiger partial charge is 0.239 e. The SMILES string of the molecule is N#Cc1ncn(-c2ccc(N)c(OCC3CC3)n2)c1C#N. The highest BCUT2D eigenvalue weighted by Gasteiger charge is 2.23. The zero-order chi connectivity index (χ0) is 14.8. The molecule has 1 saturated carbocycles. The largest absolute Gasteiger partial charge is 0.476 e. The highest BCUT2D eigenvalue weighted by Crippen LogP contribution is 2.30. The summed E-state index contributed by atoms with van der Waals surface area (Å²) >= 11 is 0. The first-order valence-electron chi connectivity index (χ1n) is 6.50. The molecule has 1 aliphatic carbocycles. The van der Waals surface area contributed by atoms with Crippen molar-refractivity contribution in [3.8, 4) is 23.8 Å². The van der Waals surface area contributed by atoms with Crippen molar-refractivity contribution in [2.45, 2.75) is 12.8 Å². The fraction of sp³-hybridized carbons (Fsp3) is 0.286. The van der Waals surface area contributed by atoms with Gasteiger partial charge in [-0.05, 0) is 30.9 Å². The van der Waals surface area contributed by atoms with Crippen LogP contribution in [0.5, 0.6) is 5.88 Å². The summed E-state index contributed by atoms with van der Waals surface area (Å²) in [4.78, 5) is 8.20. The highest BCUT2D eigenvalue weighted by atomic mass is 16.5. The molecule has 3 rings (SSSR count). The van der Waals surface area contributed by atoms with E-state index in [1.165, 1.54) is 23.7 Å². The molecule has 1 fully saturated rings. The molecule has 0 bridgehead atoms. The van der Waals surface area contributed by atoms with E-state index in [-0.39, 0.29) is 11.4 Å². The van der Waals surface area contributed by atoms with Gasteiger partial charge in [-0.15, -0.1) is 0 Å². The Hall–Kier alpha value is -3.06. The van der Waals surface area contributed by atoms with E-state index < -0.39 is 0 Å². The average Bonchev–Trinajstić information content (AvgIpc) is 3.23. The van der Waals surface area contributed by atoms with Gasteiger partial charge in [-0.2, -0.15) is 15.5 Å². The molecule has 0 spiro atoms. The van der Waals surface area contributed by atoms with E-state index in [1.54, 1.807) is 12.1 Å². The Labute approximate surface area is 121 Å². The normalized spacial score (nSPS) is 13.4. The molecular formula is C14H12N6O. The quantitative estimate of drug-likeness (QED) is 0.905. The number of nitrogens with two attached hydrogens (primary N) is 1. The van der Waals surface area contributed by atoms with Gasteiger partial charge < -0.3 is 10.5 Å². The van der Waals surface area contributed by atoms with Crippen LogP contribution in [-0.4, -0.2) is 21.1 Å². The van der Waals surface area contributed by atoms with Gasteiger partial charge in [0.15, 0.2) is 11.4 Å². The molecule has 7 heteroatoms. The second-order valence-corrected chi connectivity index (χ2v) is 4.85. The van der Waals surface area contributed by atoms with E-state index in [2.05, 4.69) is 9.97 Å². The van der Waals surface area contributed by atoms with Crippen LogP contribution in [0.1, 0.15) is 24.2 Å². The summed E-state index contributed by atoms with van der Waals surface area (Å²) in [7, 11) is 0. The molecule has 0 radical (unpaired) electrons. The molecule has 0 saturated heterocycles. The molecule has 0 unspecified atom stereocenters. The monoisotopic (exact) mass is 280 g/mol.